The Bertz CT molecular complexity index is 1670. The average molecular weight is 560 g/mol. The first-order valence-electron chi connectivity index (χ1n) is 13.2. The number of nitrogens with one attached hydrogen (secondary N) is 3. The lowest BCUT2D eigenvalue weighted by molar-refractivity contribution is -0.614. The predicted molar refractivity (Wildman–Crippen MR) is 147 cm³/mol. The first-order valence-corrected chi connectivity index (χ1v) is 13.2. The number of H-pyrrole nitrogens is 1. The van der Waals surface area contributed by atoms with Crippen molar-refractivity contribution in [1.29, 1.82) is 0 Å². The lowest BCUT2D eigenvalue weighted by atomic mass is 9.94. The Labute approximate surface area is 234 Å². The van der Waals surface area contributed by atoms with Gasteiger partial charge in [0.15, 0.2) is 6.20 Å². The molecule has 0 radical (unpaired) electrons. The zero-order chi connectivity index (χ0) is 28.8. The van der Waals surface area contributed by atoms with Gasteiger partial charge in [0.25, 0.3) is 0 Å². The van der Waals surface area contributed by atoms with Crippen LogP contribution < -0.4 is 15.4 Å². The van der Waals surface area contributed by atoms with Crippen molar-refractivity contribution in [3.8, 4) is 22.4 Å². The van der Waals surface area contributed by atoms with Gasteiger partial charge in [-0.1, -0.05) is 6.07 Å². The molecule has 0 unspecified atom stereocenters. The number of fused-ring (bicyclic) bond motifs is 5. The molecule has 3 atom stereocenters. The largest absolute Gasteiger partial charge is 0.618 e. The molecule has 1 fully saturated rings. The number of anilines is 2. The summed E-state index contributed by atoms with van der Waals surface area (Å²) < 4.78 is 34.2. The van der Waals surface area contributed by atoms with Gasteiger partial charge in [0, 0.05) is 29.4 Å². The number of carbonyl (C=O) groups is 2. The average Bonchev–Trinajstić information content (AvgIpc) is 3.54. The summed E-state index contributed by atoms with van der Waals surface area (Å²) in [5, 5.41) is 18.9. The molecule has 4 aromatic rings. The summed E-state index contributed by atoms with van der Waals surface area (Å²) in [6.07, 6.45) is 2.26. The van der Waals surface area contributed by atoms with Crippen LogP contribution in [0.15, 0.2) is 54.7 Å². The van der Waals surface area contributed by atoms with Crippen molar-refractivity contribution in [1.82, 2.24) is 9.97 Å². The highest BCUT2D eigenvalue weighted by atomic mass is 19.1. The van der Waals surface area contributed by atoms with E-state index in [1.807, 2.05) is 6.92 Å². The first kappa shape index (κ1) is 26.4. The summed E-state index contributed by atoms with van der Waals surface area (Å²) in [5.41, 5.74) is 3.13. The van der Waals surface area contributed by atoms with Gasteiger partial charge in [-0.2, -0.15) is 4.73 Å². The third-order valence-corrected chi connectivity index (χ3v) is 7.82. The summed E-state index contributed by atoms with van der Waals surface area (Å²) in [7, 11) is 1.26. The van der Waals surface area contributed by atoms with Crippen molar-refractivity contribution < 1.29 is 27.8 Å². The maximum atomic E-state index is 14.4. The normalized spacial score (nSPS) is 19.6. The number of pyridine rings is 1. The topological polar surface area (TPSA) is 123 Å². The van der Waals surface area contributed by atoms with Gasteiger partial charge >= 0.3 is 6.09 Å². The van der Waals surface area contributed by atoms with Gasteiger partial charge in [-0.05, 0) is 68.0 Å². The fraction of sp³-hybridized carbons (Fsp3) is 0.267. The molecule has 41 heavy (non-hydrogen) atoms. The van der Waals surface area contributed by atoms with Gasteiger partial charge in [0.2, 0.25) is 11.6 Å². The molecule has 0 saturated heterocycles. The molecule has 210 valence electrons. The lowest BCUT2D eigenvalue weighted by Gasteiger charge is -2.17. The Balaban J connectivity index is 1.43. The Morgan fingerprint density at radius 3 is 2.63 bits per heavy atom. The third-order valence-electron chi connectivity index (χ3n) is 7.82. The summed E-state index contributed by atoms with van der Waals surface area (Å²) in [6, 6.07) is 11.8. The summed E-state index contributed by atoms with van der Waals surface area (Å²) in [5.74, 6) is -1.20. The van der Waals surface area contributed by atoms with Gasteiger partial charge in [-0.15, -0.1) is 0 Å². The molecular formula is C30H27F2N5O4. The highest BCUT2D eigenvalue weighted by molar-refractivity contribution is 5.97. The predicted octanol–water partition coefficient (Wildman–Crippen LogP) is 5.64. The number of aryl methyl sites for hydroxylation is 1. The molecule has 11 heteroatoms. The van der Waals surface area contributed by atoms with Crippen LogP contribution in [0, 0.1) is 35.6 Å². The molecule has 1 aliphatic heterocycles. The van der Waals surface area contributed by atoms with E-state index in [4.69, 9.17) is 4.98 Å². The molecule has 1 aliphatic carbocycles. The molecule has 2 bridgehead atoms. The van der Waals surface area contributed by atoms with E-state index in [9.17, 15) is 23.6 Å². The van der Waals surface area contributed by atoms with Gasteiger partial charge in [-0.3, -0.25) is 10.1 Å². The number of carbonyl (C=O) groups excluding carboxylic acids is 2. The maximum Gasteiger partial charge on any atom is 0.411 e. The van der Waals surface area contributed by atoms with Crippen LogP contribution in [0.25, 0.3) is 22.4 Å². The number of amides is 2. The smallest absolute Gasteiger partial charge is 0.411 e. The van der Waals surface area contributed by atoms with E-state index in [0.29, 0.717) is 51.7 Å². The molecule has 9 nitrogen and oxygen atoms in total. The number of benzene rings is 2. The quantitative estimate of drug-likeness (QED) is 0.221. The minimum atomic E-state index is -0.752. The number of rotatable bonds is 3. The van der Waals surface area contributed by atoms with Gasteiger partial charge in [0.1, 0.15) is 23.4 Å². The Morgan fingerprint density at radius 2 is 1.90 bits per heavy atom. The van der Waals surface area contributed by atoms with Crippen molar-refractivity contribution in [3.05, 3.63) is 88.8 Å². The van der Waals surface area contributed by atoms with Gasteiger partial charge in [0.05, 0.1) is 29.6 Å². The van der Waals surface area contributed by atoms with E-state index in [1.54, 1.807) is 30.3 Å². The maximum absolute atomic E-state index is 14.4. The second kappa shape index (κ2) is 10.3. The number of nitrogens with zero attached hydrogens (tertiary/aromatic N) is 2. The van der Waals surface area contributed by atoms with E-state index in [1.165, 1.54) is 19.4 Å². The number of hydrogen-bond acceptors (Lipinski definition) is 5. The van der Waals surface area contributed by atoms with E-state index >= 15 is 0 Å². The van der Waals surface area contributed by atoms with Crippen LogP contribution in [0.5, 0.6) is 0 Å². The highest BCUT2D eigenvalue weighted by Gasteiger charge is 2.43. The molecule has 3 heterocycles. The van der Waals surface area contributed by atoms with E-state index < -0.39 is 23.6 Å². The number of hydrogen-bond donors (Lipinski definition) is 3. The van der Waals surface area contributed by atoms with Crippen LogP contribution in [0.2, 0.25) is 0 Å². The molecular weight excluding hydrogens is 532 g/mol. The fourth-order valence-electron chi connectivity index (χ4n) is 5.66. The first-order chi connectivity index (χ1) is 19.7. The molecule has 6 rings (SSSR count). The number of aromatic nitrogens is 3. The van der Waals surface area contributed by atoms with Gasteiger partial charge < -0.3 is 20.2 Å². The molecule has 2 aliphatic rings. The van der Waals surface area contributed by atoms with Crippen LogP contribution in [-0.2, 0) is 9.53 Å². The van der Waals surface area contributed by atoms with Gasteiger partial charge in [-0.25, -0.2) is 18.6 Å². The standard InChI is InChI=1S/C30H27F2N5O4/c1-15-28-20-8-7-19(34-30(39)41-2)13-24(20)35-26(38)12-18-10-17(18)11-21(29(33-15)36-28)25-9-6-16(14-37(25)40)27-22(31)4-3-5-23(27)32/h3-9,13-14,17-18,21H,10-12H2,1-2H3,(H,33,36)(H,34,39)(H,35,38)/t17-,18-,21-/m1/s1. The van der Waals surface area contributed by atoms with Crippen LogP contribution in [0.3, 0.4) is 0 Å². The minimum absolute atomic E-state index is 0.134. The molecule has 2 aromatic heterocycles. The third kappa shape index (κ3) is 5.10. The number of imidazole rings is 1. The molecule has 1 saturated carbocycles. The second-order valence-electron chi connectivity index (χ2n) is 10.5. The summed E-state index contributed by atoms with van der Waals surface area (Å²) in [6.45, 7) is 1.85. The molecule has 3 N–H and O–H groups in total. The number of ether oxygens (including phenoxy) is 1. The van der Waals surface area contributed by atoms with Crippen LogP contribution in [-0.4, -0.2) is 29.1 Å². The Kier molecular flexibility index (Phi) is 6.64. The Morgan fingerprint density at radius 1 is 1.12 bits per heavy atom. The van der Waals surface area contributed by atoms with Crippen LogP contribution in [0.1, 0.15) is 42.4 Å². The SMILES string of the molecule is COC(=O)Nc1ccc2c(c1)NC(=O)C[C@H]1C[C@@H]1C[C@H](c1ccc(-c3c(F)cccc3F)c[n+]1[O-])c1nc-2c(C)[nH]1. The number of aromatic amines is 1. The molecule has 2 aromatic carbocycles. The van der Waals surface area contributed by atoms with Crippen LogP contribution >= 0.6 is 0 Å². The molecule has 2 amide bonds. The van der Waals surface area contributed by atoms with Crippen molar-refractivity contribution >= 4 is 23.4 Å². The lowest BCUT2D eigenvalue weighted by Crippen LogP contribution is -2.34. The Hall–Kier alpha value is -4.80. The number of halogens is 2. The fourth-order valence-corrected chi connectivity index (χ4v) is 5.66. The summed E-state index contributed by atoms with van der Waals surface area (Å²) in [4.78, 5) is 33.0. The van der Waals surface area contributed by atoms with Crippen molar-refractivity contribution in [3.63, 3.8) is 0 Å². The highest BCUT2D eigenvalue weighted by Crippen LogP contribution is 2.49. The van der Waals surface area contributed by atoms with Crippen molar-refractivity contribution in [2.45, 2.75) is 32.1 Å². The monoisotopic (exact) mass is 559 g/mol. The number of methoxy groups -OCH3 is 1. The van der Waals surface area contributed by atoms with E-state index in [2.05, 4.69) is 20.4 Å². The van der Waals surface area contributed by atoms with Crippen molar-refractivity contribution in [2.75, 3.05) is 17.7 Å². The second-order valence-corrected chi connectivity index (χ2v) is 10.5. The van der Waals surface area contributed by atoms with E-state index in [0.717, 1.165) is 24.2 Å². The minimum Gasteiger partial charge on any atom is -0.618 e. The molecule has 0 spiro atoms. The zero-order valence-corrected chi connectivity index (χ0v) is 22.3. The van der Waals surface area contributed by atoms with E-state index in [-0.39, 0.29) is 28.9 Å². The van der Waals surface area contributed by atoms with Crippen LogP contribution in [0.4, 0.5) is 25.0 Å². The zero-order valence-electron chi connectivity index (χ0n) is 22.3. The summed E-state index contributed by atoms with van der Waals surface area (Å²) >= 11 is 0. The van der Waals surface area contributed by atoms with Crippen molar-refractivity contribution in [2.24, 2.45) is 11.8 Å².